The smallest absolute Gasteiger partial charge is 0.312 e. The van der Waals surface area contributed by atoms with Gasteiger partial charge in [0, 0.05) is 44.2 Å². The van der Waals surface area contributed by atoms with Crippen LogP contribution in [0.3, 0.4) is 0 Å². The highest BCUT2D eigenvalue weighted by molar-refractivity contribution is 6.05. The maximum absolute atomic E-state index is 14.8. The molecule has 4 rings (SSSR count). The topological polar surface area (TPSA) is 99.6 Å². The number of benzene rings is 1. The van der Waals surface area contributed by atoms with Crippen LogP contribution in [0.5, 0.6) is 0 Å². The van der Waals surface area contributed by atoms with E-state index in [1.165, 1.54) is 0 Å². The molecule has 3 aliphatic heterocycles. The van der Waals surface area contributed by atoms with E-state index >= 15 is 0 Å². The fraction of sp³-hybridized carbons (Fsp3) is 0.639. The standard InChI is InChI=1S/C36H53N3O6/c1-6-11-16-26-44-34(43)30-29-32(41)39(24-14-12-13-15-25-40)31(36(29)22-21-35(30,8-3)45-36)33(42)38(23-7-2)28-19-17-27(18-20-28)37(9-4)10-5/h6-7,17-20,29-31,40H,1-2,8-16,21-26H2,3-5H3/t29-,30+,31?,35-,36?/m0/s1. The number of anilines is 2. The van der Waals surface area contributed by atoms with Gasteiger partial charge in [0.15, 0.2) is 0 Å². The van der Waals surface area contributed by atoms with Crippen molar-refractivity contribution < 1.29 is 29.0 Å². The van der Waals surface area contributed by atoms with E-state index in [2.05, 4.69) is 31.9 Å². The van der Waals surface area contributed by atoms with Crippen molar-refractivity contribution in [1.29, 1.82) is 0 Å². The molecule has 2 unspecified atom stereocenters. The minimum atomic E-state index is -1.11. The summed E-state index contributed by atoms with van der Waals surface area (Å²) < 4.78 is 12.7. The van der Waals surface area contributed by atoms with Crippen LogP contribution in [0, 0.1) is 11.8 Å². The van der Waals surface area contributed by atoms with Crippen LogP contribution in [0.2, 0.25) is 0 Å². The molecule has 1 aromatic rings. The maximum atomic E-state index is 14.8. The van der Waals surface area contributed by atoms with E-state index in [0.29, 0.717) is 45.1 Å². The third kappa shape index (κ3) is 6.57. The molecule has 248 valence electrons. The molecule has 3 fully saturated rings. The number of carbonyl (C=O) groups excluding carboxylic acids is 3. The Morgan fingerprint density at radius 1 is 1.02 bits per heavy atom. The van der Waals surface area contributed by atoms with Gasteiger partial charge in [0.25, 0.3) is 5.91 Å². The van der Waals surface area contributed by atoms with Gasteiger partial charge in [-0.1, -0.05) is 31.9 Å². The SMILES string of the molecule is C=CCCCOC(=O)[C@H]1[C@H]2C(=O)N(CCCCCCO)C(C(=O)N(CC=C)c3ccc(N(CC)CC)cc3)C23CC[C@]1(CC)O3. The Morgan fingerprint density at radius 3 is 2.33 bits per heavy atom. The Hall–Kier alpha value is -3.17. The number of likely N-dealkylation sites (tertiary alicyclic amines) is 1. The number of carbonyl (C=O) groups is 3. The largest absolute Gasteiger partial charge is 0.465 e. The normalized spacial score (nSPS) is 26.5. The molecule has 9 nitrogen and oxygen atoms in total. The molecule has 0 radical (unpaired) electrons. The monoisotopic (exact) mass is 623 g/mol. The summed E-state index contributed by atoms with van der Waals surface area (Å²) in [5.74, 6) is -2.37. The fourth-order valence-corrected chi connectivity index (χ4v) is 7.87. The Bertz CT molecular complexity index is 1200. The number of rotatable bonds is 19. The Morgan fingerprint density at radius 2 is 1.71 bits per heavy atom. The van der Waals surface area contributed by atoms with Crippen molar-refractivity contribution in [2.24, 2.45) is 11.8 Å². The first-order chi connectivity index (χ1) is 21.8. The number of allylic oxidation sites excluding steroid dienone is 1. The summed E-state index contributed by atoms with van der Waals surface area (Å²) in [5, 5.41) is 9.24. The molecule has 5 atom stereocenters. The van der Waals surface area contributed by atoms with Gasteiger partial charge >= 0.3 is 5.97 Å². The Kier molecular flexibility index (Phi) is 11.9. The molecular formula is C36H53N3O6. The van der Waals surface area contributed by atoms with E-state index in [-0.39, 0.29) is 31.6 Å². The second-order valence-electron chi connectivity index (χ2n) is 12.5. The number of aliphatic hydroxyl groups excluding tert-OH is 1. The molecule has 0 aromatic heterocycles. The van der Waals surface area contributed by atoms with Crippen LogP contribution in [-0.4, -0.2) is 84.4 Å². The van der Waals surface area contributed by atoms with Gasteiger partial charge in [-0.3, -0.25) is 14.4 Å². The summed E-state index contributed by atoms with van der Waals surface area (Å²) in [5.41, 5.74) is -0.148. The minimum Gasteiger partial charge on any atom is -0.465 e. The van der Waals surface area contributed by atoms with E-state index in [9.17, 15) is 19.5 Å². The van der Waals surface area contributed by atoms with Gasteiger partial charge < -0.3 is 29.3 Å². The summed E-state index contributed by atoms with van der Waals surface area (Å²) in [4.78, 5) is 48.6. The van der Waals surface area contributed by atoms with Crippen molar-refractivity contribution in [3.63, 3.8) is 0 Å². The predicted octanol–water partition coefficient (Wildman–Crippen LogP) is 5.27. The van der Waals surface area contributed by atoms with Crippen LogP contribution in [0.4, 0.5) is 11.4 Å². The van der Waals surface area contributed by atoms with E-state index in [0.717, 1.165) is 43.7 Å². The Balaban J connectivity index is 1.71. The molecule has 0 saturated carbocycles. The van der Waals surface area contributed by atoms with Gasteiger partial charge in [-0.2, -0.15) is 0 Å². The fourth-order valence-electron chi connectivity index (χ4n) is 7.87. The van der Waals surface area contributed by atoms with Gasteiger partial charge in [-0.25, -0.2) is 0 Å². The molecule has 3 saturated heterocycles. The van der Waals surface area contributed by atoms with Gasteiger partial charge in [0.05, 0.1) is 18.1 Å². The first-order valence-electron chi connectivity index (χ1n) is 16.9. The van der Waals surface area contributed by atoms with Crippen LogP contribution in [-0.2, 0) is 23.9 Å². The molecule has 1 aromatic carbocycles. The number of ether oxygens (including phenoxy) is 2. The number of hydrogen-bond acceptors (Lipinski definition) is 7. The van der Waals surface area contributed by atoms with Crippen molar-refractivity contribution in [2.45, 2.75) is 95.8 Å². The number of fused-ring (bicyclic) bond motifs is 1. The van der Waals surface area contributed by atoms with E-state index in [1.807, 2.05) is 31.2 Å². The summed E-state index contributed by atoms with van der Waals surface area (Å²) in [7, 11) is 0. The van der Waals surface area contributed by atoms with Crippen molar-refractivity contribution in [2.75, 3.05) is 49.2 Å². The quantitative estimate of drug-likeness (QED) is 0.127. The predicted molar refractivity (Wildman–Crippen MR) is 177 cm³/mol. The van der Waals surface area contributed by atoms with E-state index < -0.39 is 35.0 Å². The van der Waals surface area contributed by atoms with Gasteiger partial charge in [0.1, 0.15) is 17.6 Å². The average Bonchev–Trinajstić information content (AvgIpc) is 3.66. The van der Waals surface area contributed by atoms with Crippen LogP contribution < -0.4 is 9.80 Å². The van der Waals surface area contributed by atoms with Crippen LogP contribution in [0.25, 0.3) is 0 Å². The zero-order valence-corrected chi connectivity index (χ0v) is 27.5. The molecule has 9 heteroatoms. The lowest BCUT2D eigenvalue weighted by molar-refractivity contribution is -0.161. The van der Waals surface area contributed by atoms with Crippen molar-refractivity contribution in [3.05, 3.63) is 49.6 Å². The third-order valence-corrected chi connectivity index (χ3v) is 10.1. The summed E-state index contributed by atoms with van der Waals surface area (Å²) >= 11 is 0. The number of hydrogen-bond donors (Lipinski definition) is 1. The number of amides is 2. The first kappa shape index (κ1) is 34.7. The maximum Gasteiger partial charge on any atom is 0.312 e. The molecule has 2 bridgehead atoms. The highest BCUT2D eigenvalue weighted by Crippen LogP contribution is 2.64. The van der Waals surface area contributed by atoms with Gasteiger partial charge in [-0.15, -0.1) is 13.2 Å². The lowest BCUT2D eigenvalue weighted by atomic mass is 9.65. The van der Waals surface area contributed by atoms with Gasteiger partial charge in [-0.05, 0) is 83.1 Å². The molecule has 0 aliphatic carbocycles. The Labute approximate surface area is 269 Å². The number of unbranched alkanes of at least 4 members (excludes halogenated alkanes) is 4. The van der Waals surface area contributed by atoms with Gasteiger partial charge in [0.2, 0.25) is 5.91 Å². The second kappa shape index (κ2) is 15.4. The molecule has 45 heavy (non-hydrogen) atoms. The van der Waals surface area contributed by atoms with E-state index in [1.54, 1.807) is 22.0 Å². The molecule has 2 amide bonds. The summed E-state index contributed by atoms with van der Waals surface area (Å²) in [6, 6.07) is 7.07. The minimum absolute atomic E-state index is 0.127. The highest BCUT2D eigenvalue weighted by atomic mass is 16.6. The average molecular weight is 624 g/mol. The van der Waals surface area contributed by atoms with Crippen LogP contribution in [0.1, 0.15) is 78.6 Å². The molecule has 1 N–H and O–H groups in total. The molecule has 3 heterocycles. The number of nitrogens with zero attached hydrogens (tertiary/aromatic N) is 3. The van der Waals surface area contributed by atoms with Crippen molar-refractivity contribution in [3.8, 4) is 0 Å². The third-order valence-electron chi connectivity index (χ3n) is 10.1. The van der Waals surface area contributed by atoms with Crippen LogP contribution >= 0.6 is 0 Å². The number of aliphatic hydroxyl groups is 1. The summed E-state index contributed by atoms with van der Waals surface area (Å²) in [6.45, 7) is 16.7. The number of esters is 1. The molecular weight excluding hydrogens is 570 g/mol. The van der Waals surface area contributed by atoms with Crippen molar-refractivity contribution >= 4 is 29.2 Å². The zero-order valence-electron chi connectivity index (χ0n) is 27.5. The first-order valence-corrected chi connectivity index (χ1v) is 16.9. The second-order valence-corrected chi connectivity index (χ2v) is 12.5. The summed E-state index contributed by atoms with van der Waals surface area (Å²) in [6.07, 6.45) is 9.59. The highest BCUT2D eigenvalue weighted by Gasteiger charge is 2.79. The zero-order chi connectivity index (χ0) is 32.6. The molecule has 1 spiro atoms. The van der Waals surface area contributed by atoms with Crippen molar-refractivity contribution in [1.82, 2.24) is 4.90 Å². The lowest BCUT2D eigenvalue weighted by Crippen LogP contribution is -2.56. The van der Waals surface area contributed by atoms with E-state index in [4.69, 9.17) is 9.47 Å². The van der Waals surface area contributed by atoms with Crippen LogP contribution in [0.15, 0.2) is 49.6 Å². The molecule has 3 aliphatic rings. The lowest BCUT2D eigenvalue weighted by Gasteiger charge is -2.37.